The highest BCUT2D eigenvalue weighted by Gasteiger charge is 2.35. The van der Waals surface area contributed by atoms with Crippen molar-refractivity contribution in [2.24, 2.45) is 5.41 Å². The molecule has 1 amide bonds. The van der Waals surface area contributed by atoms with E-state index in [0.717, 1.165) is 11.6 Å². The van der Waals surface area contributed by atoms with Crippen molar-refractivity contribution in [3.05, 3.63) is 10.0 Å². The number of rotatable bonds is 4. The lowest BCUT2D eigenvalue weighted by Gasteiger charge is -2.44. The van der Waals surface area contributed by atoms with Gasteiger partial charge in [0, 0.05) is 13.1 Å². The number of carbonyl (C=O) groups is 1. The van der Waals surface area contributed by atoms with Crippen molar-refractivity contribution in [2.75, 3.05) is 26.2 Å². The molecule has 2 aliphatic rings. The van der Waals surface area contributed by atoms with E-state index in [9.17, 15) is 4.79 Å². The Morgan fingerprint density at radius 2 is 1.91 bits per heavy atom. The van der Waals surface area contributed by atoms with Gasteiger partial charge in [-0.3, -0.25) is 4.79 Å². The highest BCUT2D eigenvalue weighted by molar-refractivity contribution is 7.13. The van der Waals surface area contributed by atoms with Gasteiger partial charge in [-0.25, -0.2) is 0 Å². The molecule has 1 aliphatic carbocycles. The van der Waals surface area contributed by atoms with E-state index in [1.807, 2.05) is 6.92 Å². The van der Waals surface area contributed by atoms with Crippen molar-refractivity contribution >= 4 is 17.2 Å². The topological polar surface area (TPSA) is 58.1 Å². The van der Waals surface area contributed by atoms with Gasteiger partial charge in [-0.2, -0.15) is 0 Å². The van der Waals surface area contributed by atoms with Crippen LogP contribution in [0.1, 0.15) is 59.8 Å². The van der Waals surface area contributed by atoms with Gasteiger partial charge in [0.25, 0.3) is 5.91 Å². The Morgan fingerprint density at radius 1 is 1.18 bits per heavy atom. The minimum absolute atomic E-state index is 0.0913. The van der Waals surface area contributed by atoms with Gasteiger partial charge >= 0.3 is 0 Å². The number of hydrogen-bond donors (Lipinski definition) is 1. The van der Waals surface area contributed by atoms with Crippen LogP contribution >= 0.6 is 11.3 Å². The first-order chi connectivity index (χ1) is 10.7. The number of aryl methyl sites for hydroxylation is 1. The molecule has 22 heavy (non-hydrogen) atoms. The van der Waals surface area contributed by atoms with Crippen molar-refractivity contribution in [1.82, 2.24) is 20.4 Å². The molecular formula is C16H26N4OS. The van der Waals surface area contributed by atoms with Crippen molar-refractivity contribution in [1.29, 1.82) is 0 Å². The molecule has 1 aliphatic heterocycles. The Morgan fingerprint density at radius 3 is 2.55 bits per heavy atom. The molecule has 0 atom stereocenters. The van der Waals surface area contributed by atoms with Crippen LogP contribution in [0.5, 0.6) is 0 Å². The molecule has 1 N–H and O–H groups in total. The SMILES string of the molecule is Cc1nnc(C(=O)NCCN2CCC3(CCCCC3)CC2)s1. The Bertz CT molecular complexity index is 500. The molecular weight excluding hydrogens is 296 g/mol. The van der Waals surface area contributed by atoms with Gasteiger partial charge in [0.05, 0.1) is 0 Å². The predicted octanol–water partition coefficient (Wildman–Crippen LogP) is 2.62. The third-order valence-electron chi connectivity index (χ3n) is 5.26. The van der Waals surface area contributed by atoms with E-state index in [1.165, 1.54) is 69.4 Å². The Labute approximate surface area is 136 Å². The number of piperidine rings is 1. The number of carbonyl (C=O) groups excluding carboxylic acids is 1. The first kappa shape index (κ1) is 15.9. The van der Waals surface area contributed by atoms with Crippen LogP contribution in [0.15, 0.2) is 0 Å². The van der Waals surface area contributed by atoms with Crippen LogP contribution in [0.3, 0.4) is 0 Å². The minimum Gasteiger partial charge on any atom is -0.349 e. The van der Waals surface area contributed by atoms with E-state index in [0.29, 0.717) is 17.0 Å². The molecule has 2 heterocycles. The first-order valence-electron chi connectivity index (χ1n) is 8.48. The van der Waals surface area contributed by atoms with E-state index in [-0.39, 0.29) is 5.91 Å². The lowest BCUT2D eigenvalue weighted by atomic mass is 9.68. The van der Waals surface area contributed by atoms with Gasteiger partial charge in [-0.1, -0.05) is 30.6 Å². The zero-order chi connectivity index (χ0) is 15.4. The summed E-state index contributed by atoms with van der Waals surface area (Å²) in [6.45, 7) is 5.88. The van der Waals surface area contributed by atoms with Gasteiger partial charge in [0.1, 0.15) is 5.01 Å². The largest absolute Gasteiger partial charge is 0.349 e. The molecule has 0 bridgehead atoms. The molecule has 1 saturated carbocycles. The van der Waals surface area contributed by atoms with Gasteiger partial charge in [0.15, 0.2) is 0 Å². The van der Waals surface area contributed by atoms with Crippen LogP contribution in [-0.2, 0) is 0 Å². The quantitative estimate of drug-likeness (QED) is 0.926. The molecule has 1 spiro atoms. The molecule has 3 rings (SSSR count). The fourth-order valence-electron chi connectivity index (χ4n) is 3.84. The van der Waals surface area contributed by atoms with E-state index < -0.39 is 0 Å². The molecule has 6 heteroatoms. The molecule has 0 unspecified atom stereocenters. The average molecular weight is 322 g/mol. The van der Waals surface area contributed by atoms with Gasteiger partial charge in [0.2, 0.25) is 5.01 Å². The van der Waals surface area contributed by atoms with Crippen molar-refractivity contribution in [2.45, 2.75) is 51.9 Å². The third kappa shape index (κ3) is 3.84. The van der Waals surface area contributed by atoms with E-state index in [4.69, 9.17) is 0 Å². The summed E-state index contributed by atoms with van der Waals surface area (Å²) in [6.07, 6.45) is 9.85. The van der Waals surface area contributed by atoms with Crippen LogP contribution in [0.2, 0.25) is 0 Å². The first-order valence-corrected chi connectivity index (χ1v) is 9.29. The number of hydrogen-bond acceptors (Lipinski definition) is 5. The summed E-state index contributed by atoms with van der Waals surface area (Å²) in [5.74, 6) is -0.0913. The van der Waals surface area contributed by atoms with Gasteiger partial charge in [-0.05, 0) is 51.1 Å². The lowest BCUT2D eigenvalue weighted by molar-refractivity contribution is 0.0673. The molecule has 1 saturated heterocycles. The normalized spacial score (nSPS) is 21.9. The van der Waals surface area contributed by atoms with Crippen molar-refractivity contribution < 1.29 is 4.79 Å². The molecule has 2 fully saturated rings. The summed E-state index contributed by atoms with van der Waals surface area (Å²) in [5.41, 5.74) is 0.655. The number of nitrogens with zero attached hydrogens (tertiary/aromatic N) is 3. The molecule has 122 valence electrons. The standard InChI is InChI=1S/C16H26N4OS/c1-13-18-19-15(22-13)14(21)17-9-12-20-10-7-16(8-11-20)5-3-2-4-6-16/h2-12H2,1H3,(H,17,21). The van der Waals surface area contributed by atoms with Crippen LogP contribution in [0, 0.1) is 12.3 Å². The zero-order valence-corrected chi connectivity index (χ0v) is 14.3. The molecule has 0 radical (unpaired) electrons. The second-order valence-corrected chi connectivity index (χ2v) is 7.97. The monoisotopic (exact) mass is 322 g/mol. The summed E-state index contributed by atoms with van der Waals surface area (Å²) in [6, 6.07) is 0. The number of amides is 1. The highest BCUT2D eigenvalue weighted by atomic mass is 32.1. The van der Waals surface area contributed by atoms with Crippen molar-refractivity contribution in [3.8, 4) is 0 Å². The fraction of sp³-hybridized carbons (Fsp3) is 0.812. The van der Waals surface area contributed by atoms with Gasteiger partial charge < -0.3 is 10.2 Å². The number of aromatic nitrogens is 2. The van der Waals surface area contributed by atoms with Crippen LogP contribution < -0.4 is 5.32 Å². The maximum atomic E-state index is 11.9. The van der Waals surface area contributed by atoms with Crippen LogP contribution in [0.25, 0.3) is 0 Å². The Kier molecular flexibility index (Phi) is 5.08. The zero-order valence-electron chi connectivity index (χ0n) is 13.4. The molecule has 1 aromatic heterocycles. The summed E-state index contributed by atoms with van der Waals surface area (Å²) in [5, 5.41) is 12.0. The van der Waals surface area contributed by atoms with Crippen LogP contribution in [0.4, 0.5) is 0 Å². The maximum absolute atomic E-state index is 11.9. The lowest BCUT2D eigenvalue weighted by Crippen LogP contribution is -2.44. The highest BCUT2D eigenvalue weighted by Crippen LogP contribution is 2.44. The summed E-state index contributed by atoms with van der Waals surface area (Å²) >= 11 is 1.35. The van der Waals surface area contributed by atoms with E-state index in [1.54, 1.807) is 0 Å². The number of likely N-dealkylation sites (tertiary alicyclic amines) is 1. The van der Waals surface area contributed by atoms with E-state index in [2.05, 4.69) is 20.4 Å². The summed E-state index contributed by atoms with van der Waals surface area (Å²) in [4.78, 5) is 14.4. The fourth-order valence-corrected chi connectivity index (χ4v) is 4.45. The predicted molar refractivity (Wildman–Crippen MR) is 88.2 cm³/mol. The second-order valence-electron chi connectivity index (χ2n) is 6.78. The molecule has 5 nitrogen and oxygen atoms in total. The summed E-state index contributed by atoms with van der Waals surface area (Å²) < 4.78 is 0. The van der Waals surface area contributed by atoms with Gasteiger partial charge in [-0.15, -0.1) is 10.2 Å². The maximum Gasteiger partial charge on any atom is 0.282 e. The summed E-state index contributed by atoms with van der Waals surface area (Å²) in [7, 11) is 0. The average Bonchev–Trinajstić information content (AvgIpc) is 2.97. The molecule has 1 aromatic rings. The molecule has 0 aromatic carbocycles. The van der Waals surface area contributed by atoms with E-state index >= 15 is 0 Å². The van der Waals surface area contributed by atoms with Crippen LogP contribution in [-0.4, -0.2) is 47.2 Å². The van der Waals surface area contributed by atoms with Crippen molar-refractivity contribution in [3.63, 3.8) is 0 Å². The smallest absolute Gasteiger partial charge is 0.282 e. The Balaban J connectivity index is 1.37. The Hall–Kier alpha value is -1.01. The third-order valence-corrected chi connectivity index (χ3v) is 6.10. The second kappa shape index (κ2) is 7.04. The minimum atomic E-state index is -0.0913. The number of nitrogens with one attached hydrogen (secondary N) is 1.